The van der Waals surface area contributed by atoms with Gasteiger partial charge < -0.3 is 19.7 Å². The van der Waals surface area contributed by atoms with Gasteiger partial charge in [0.2, 0.25) is 5.95 Å². The molecule has 30 heavy (non-hydrogen) atoms. The molecular weight excluding hydrogens is 400 g/mol. The number of H-pyrrole nitrogens is 1. The zero-order valence-corrected chi connectivity index (χ0v) is 17.6. The van der Waals surface area contributed by atoms with Crippen molar-refractivity contribution in [2.45, 2.75) is 19.3 Å². The van der Waals surface area contributed by atoms with Crippen molar-refractivity contribution in [2.75, 3.05) is 49.1 Å². The fourth-order valence-electron chi connectivity index (χ4n) is 4.32. The van der Waals surface area contributed by atoms with Gasteiger partial charge in [-0.25, -0.2) is 9.97 Å². The molecule has 5 rings (SSSR count). The molecule has 0 atom stereocenters. The molecule has 1 N–H and O–H groups in total. The minimum Gasteiger partial charge on any atom is -0.357 e. The predicted octanol–water partition coefficient (Wildman–Crippen LogP) is 3.56. The second kappa shape index (κ2) is 8.14. The van der Waals surface area contributed by atoms with E-state index >= 15 is 0 Å². The number of hydrogen-bond acceptors (Lipinski definition) is 5. The van der Waals surface area contributed by atoms with Crippen molar-refractivity contribution in [3.8, 4) is 0 Å². The Labute approximate surface area is 180 Å². The van der Waals surface area contributed by atoms with Gasteiger partial charge in [-0.1, -0.05) is 23.7 Å². The number of rotatable bonds is 3. The largest absolute Gasteiger partial charge is 0.357 e. The lowest BCUT2D eigenvalue weighted by Crippen LogP contribution is -2.35. The lowest BCUT2D eigenvalue weighted by molar-refractivity contribution is 0.0767. The number of benzene rings is 1. The number of para-hydroxylation sites is 2. The first-order valence-electron chi connectivity index (χ1n) is 10.6. The first kappa shape index (κ1) is 19.2. The van der Waals surface area contributed by atoms with Crippen molar-refractivity contribution in [2.24, 2.45) is 0 Å². The lowest BCUT2D eigenvalue weighted by atomic mass is 10.2. The highest BCUT2D eigenvalue weighted by molar-refractivity contribution is 6.29. The average Bonchev–Trinajstić information content (AvgIpc) is 3.38. The summed E-state index contributed by atoms with van der Waals surface area (Å²) in [6.45, 7) is 4.90. The van der Waals surface area contributed by atoms with E-state index in [4.69, 9.17) is 16.6 Å². The van der Waals surface area contributed by atoms with Crippen LogP contribution in [0.4, 0.5) is 11.8 Å². The van der Waals surface area contributed by atoms with Crippen LogP contribution in [0.5, 0.6) is 0 Å². The minimum atomic E-state index is 0.0196. The summed E-state index contributed by atoms with van der Waals surface area (Å²) in [7, 11) is 0. The quantitative estimate of drug-likeness (QED) is 0.651. The van der Waals surface area contributed by atoms with Gasteiger partial charge in [0.25, 0.3) is 5.91 Å². The normalized spacial score (nSPS) is 17.6. The van der Waals surface area contributed by atoms with Gasteiger partial charge in [0.15, 0.2) is 0 Å². The van der Waals surface area contributed by atoms with E-state index in [2.05, 4.69) is 19.8 Å². The minimum absolute atomic E-state index is 0.0196. The summed E-state index contributed by atoms with van der Waals surface area (Å²) in [6, 6.07) is 11.6. The van der Waals surface area contributed by atoms with Gasteiger partial charge in [-0.3, -0.25) is 4.79 Å². The smallest absolute Gasteiger partial charge is 0.254 e. The molecule has 2 aromatic heterocycles. The number of anilines is 2. The fraction of sp³-hybridized carbons (Fsp3) is 0.409. The van der Waals surface area contributed by atoms with Crippen molar-refractivity contribution >= 4 is 40.3 Å². The number of fused-ring (bicyclic) bond motifs is 1. The highest BCUT2D eigenvalue weighted by atomic mass is 35.5. The topological polar surface area (TPSA) is 68.4 Å². The Morgan fingerprint density at radius 2 is 1.70 bits per heavy atom. The van der Waals surface area contributed by atoms with Gasteiger partial charge in [-0.15, -0.1) is 0 Å². The van der Waals surface area contributed by atoms with Crippen LogP contribution >= 0.6 is 11.6 Å². The number of halogens is 1. The molecule has 0 bridgehead atoms. The molecule has 0 aliphatic carbocycles. The summed E-state index contributed by atoms with van der Waals surface area (Å²) in [6.07, 6.45) is 3.20. The van der Waals surface area contributed by atoms with Crippen LogP contribution in [0.2, 0.25) is 5.15 Å². The molecule has 1 amide bonds. The van der Waals surface area contributed by atoms with E-state index in [0.29, 0.717) is 23.8 Å². The second-order valence-corrected chi connectivity index (χ2v) is 8.33. The number of nitrogens with zero attached hydrogens (tertiary/aromatic N) is 5. The third-order valence-electron chi connectivity index (χ3n) is 5.92. The molecule has 2 aliphatic heterocycles. The van der Waals surface area contributed by atoms with Crippen molar-refractivity contribution < 1.29 is 4.79 Å². The molecule has 0 unspecified atom stereocenters. The molecule has 2 fully saturated rings. The molecule has 0 spiro atoms. The molecule has 0 saturated carbocycles. The maximum atomic E-state index is 13.2. The Morgan fingerprint density at radius 1 is 0.900 bits per heavy atom. The molecule has 1 aromatic carbocycles. The Balaban J connectivity index is 1.31. The molecule has 2 saturated heterocycles. The first-order valence-corrected chi connectivity index (χ1v) is 11.0. The number of amides is 1. The number of carbonyl (C=O) groups is 1. The third kappa shape index (κ3) is 3.81. The Morgan fingerprint density at radius 3 is 2.53 bits per heavy atom. The summed E-state index contributed by atoms with van der Waals surface area (Å²) in [5.74, 6) is 1.70. The maximum absolute atomic E-state index is 13.2. The monoisotopic (exact) mass is 424 g/mol. The highest BCUT2D eigenvalue weighted by Gasteiger charge is 2.24. The fourth-order valence-corrected chi connectivity index (χ4v) is 4.52. The summed E-state index contributed by atoms with van der Waals surface area (Å²) in [5.41, 5.74) is 2.62. The van der Waals surface area contributed by atoms with Gasteiger partial charge in [0, 0.05) is 44.8 Å². The van der Waals surface area contributed by atoms with Crippen molar-refractivity contribution in [1.82, 2.24) is 19.9 Å². The van der Waals surface area contributed by atoms with E-state index in [9.17, 15) is 4.79 Å². The van der Waals surface area contributed by atoms with Crippen LogP contribution in [0.15, 0.2) is 36.4 Å². The SMILES string of the molecule is O=C(c1cc(Cl)nc(N2CCCC2)c1)N1CCCN(c2nc3ccccc3[nH]2)CC1. The van der Waals surface area contributed by atoms with Gasteiger partial charge in [-0.2, -0.15) is 0 Å². The molecule has 8 heteroatoms. The molecule has 2 aliphatic rings. The number of carbonyl (C=O) groups excluding carboxylic acids is 1. The van der Waals surface area contributed by atoms with E-state index in [1.165, 1.54) is 0 Å². The van der Waals surface area contributed by atoms with Crippen LogP contribution in [-0.2, 0) is 0 Å². The van der Waals surface area contributed by atoms with Crippen LogP contribution in [0.25, 0.3) is 11.0 Å². The summed E-state index contributed by atoms with van der Waals surface area (Å²) >= 11 is 6.26. The van der Waals surface area contributed by atoms with Gasteiger partial charge in [0.05, 0.1) is 11.0 Å². The lowest BCUT2D eigenvalue weighted by Gasteiger charge is -2.23. The van der Waals surface area contributed by atoms with Crippen LogP contribution < -0.4 is 9.80 Å². The number of aromatic amines is 1. The van der Waals surface area contributed by atoms with E-state index < -0.39 is 0 Å². The molecule has 7 nitrogen and oxygen atoms in total. The molecule has 3 aromatic rings. The Kier molecular flexibility index (Phi) is 5.21. The highest BCUT2D eigenvalue weighted by Crippen LogP contribution is 2.24. The number of imidazole rings is 1. The van der Waals surface area contributed by atoms with Gasteiger partial charge in [0.1, 0.15) is 11.0 Å². The first-order chi connectivity index (χ1) is 14.7. The summed E-state index contributed by atoms with van der Waals surface area (Å²) in [4.78, 5) is 32.1. The number of pyridine rings is 1. The third-order valence-corrected chi connectivity index (χ3v) is 6.11. The standard InChI is InChI=1S/C22H25ClN6O/c23-19-14-16(15-20(26-19)27-8-3-4-9-27)21(30)28-10-5-11-29(13-12-28)22-24-17-6-1-2-7-18(17)25-22/h1-2,6-7,14-15H,3-5,8-13H2,(H,24,25). The Bertz CT molecular complexity index is 1030. The second-order valence-electron chi connectivity index (χ2n) is 7.94. The van der Waals surface area contributed by atoms with Crippen LogP contribution in [-0.4, -0.2) is 65.0 Å². The van der Waals surface area contributed by atoms with Crippen molar-refractivity contribution in [3.63, 3.8) is 0 Å². The summed E-state index contributed by atoms with van der Waals surface area (Å²) < 4.78 is 0. The molecule has 0 radical (unpaired) electrons. The van der Waals surface area contributed by atoms with Crippen LogP contribution in [0.1, 0.15) is 29.6 Å². The van der Waals surface area contributed by atoms with Crippen LogP contribution in [0, 0.1) is 0 Å². The zero-order chi connectivity index (χ0) is 20.5. The van der Waals surface area contributed by atoms with E-state index in [1.54, 1.807) is 6.07 Å². The Hall–Kier alpha value is -2.80. The zero-order valence-electron chi connectivity index (χ0n) is 16.9. The molecular formula is C22H25ClN6O. The van der Waals surface area contributed by atoms with Gasteiger partial charge in [-0.05, 0) is 43.5 Å². The van der Waals surface area contributed by atoms with Crippen molar-refractivity contribution in [1.29, 1.82) is 0 Å². The summed E-state index contributed by atoms with van der Waals surface area (Å²) in [5, 5.41) is 0.376. The number of nitrogens with one attached hydrogen (secondary N) is 1. The number of hydrogen-bond donors (Lipinski definition) is 1. The molecule has 156 valence electrons. The number of aromatic nitrogens is 3. The van der Waals surface area contributed by atoms with E-state index in [1.807, 2.05) is 35.2 Å². The van der Waals surface area contributed by atoms with E-state index in [0.717, 1.165) is 68.2 Å². The predicted molar refractivity (Wildman–Crippen MR) is 120 cm³/mol. The molecule has 4 heterocycles. The van der Waals surface area contributed by atoms with Crippen LogP contribution in [0.3, 0.4) is 0 Å². The van der Waals surface area contributed by atoms with E-state index in [-0.39, 0.29) is 5.91 Å². The maximum Gasteiger partial charge on any atom is 0.254 e. The average molecular weight is 425 g/mol. The van der Waals surface area contributed by atoms with Crippen molar-refractivity contribution in [3.05, 3.63) is 47.1 Å². The van der Waals surface area contributed by atoms with Gasteiger partial charge >= 0.3 is 0 Å².